The number of piperidine rings is 1. The van der Waals surface area contributed by atoms with E-state index in [4.69, 9.17) is 10.2 Å². The number of aliphatic hydroxyl groups is 1. The predicted molar refractivity (Wildman–Crippen MR) is 65.4 cm³/mol. The summed E-state index contributed by atoms with van der Waals surface area (Å²) in [5.41, 5.74) is 0. The number of nitrogens with zero attached hydrogens (tertiary/aromatic N) is 1. The highest BCUT2D eigenvalue weighted by atomic mass is 16.4. The SMILES string of the molecule is CNC(=O)C1CCCN(C(=O)N[C@@H](CO)C(=O)O)C1. The fraction of sp³-hybridized carbons (Fsp3) is 0.727. The molecule has 3 amide bonds. The molecule has 4 N–H and O–H groups in total. The molecule has 1 unspecified atom stereocenters. The fourth-order valence-corrected chi connectivity index (χ4v) is 2.01. The molecule has 0 radical (unpaired) electrons. The number of aliphatic carboxylic acids is 1. The Hall–Kier alpha value is -1.83. The Kier molecular flexibility index (Phi) is 5.56. The van der Waals surface area contributed by atoms with E-state index in [1.807, 2.05) is 0 Å². The molecule has 1 aliphatic rings. The van der Waals surface area contributed by atoms with E-state index in [2.05, 4.69) is 10.6 Å². The van der Waals surface area contributed by atoms with Gasteiger partial charge in [0, 0.05) is 20.1 Å². The van der Waals surface area contributed by atoms with Crippen LogP contribution < -0.4 is 10.6 Å². The molecule has 1 fully saturated rings. The Balaban J connectivity index is 2.57. The summed E-state index contributed by atoms with van der Waals surface area (Å²) in [4.78, 5) is 35.5. The van der Waals surface area contributed by atoms with Crippen LogP contribution in [0.4, 0.5) is 4.79 Å². The molecular formula is C11H19N3O5. The minimum atomic E-state index is -1.33. The van der Waals surface area contributed by atoms with Crippen LogP contribution in [-0.4, -0.2) is 65.8 Å². The fourth-order valence-electron chi connectivity index (χ4n) is 2.01. The topological polar surface area (TPSA) is 119 Å². The third kappa shape index (κ3) is 4.09. The highest BCUT2D eigenvalue weighted by molar-refractivity contribution is 5.84. The number of hydrogen-bond donors (Lipinski definition) is 4. The van der Waals surface area contributed by atoms with Gasteiger partial charge >= 0.3 is 12.0 Å². The van der Waals surface area contributed by atoms with Crippen LogP contribution in [0.2, 0.25) is 0 Å². The lowest BCUT2D eigenvalue weighted by Gasteiger charge is -2.32. The molecule has 0 bridgehead atoms. The first-order chi connectivity index (χ1) is 8.99. The second-order valence-corrected chi connectivity index (χ2v) is 4.42. The maximum absolute atomic E-state index is 11.8. The summed E-state index contributed by atoms with van der Waals surface area (Å²) >= 11 is 0. The van der Waals surface area contributed by atoms with E-state index in [0.717, 1.165) is 0 Å². The van der Waals surface area contributed by atoms with Crippen LogP contribution in [-0.2, 0) is 9.59 Å². The van der Waals surface area contributed by atoms with Crippen molar-refractivity contribution in [1.29, 1.82) is 0 Å². The first-order valence-corrected chi connectivity index (χ1v) is 6.10. The number of likely N-dealkylation sites (tertiary alicyclic amines) is 1. The van der Waals surface area contributed by atoms with Crippen LogP contribution in [0.5, 0.6) is 0 Å². The van der Waals surface area contributed by atoms with Crippen molar-refractivity contribution in [2.75, 3.05) is 26.7 Å². The molecule has 0 aromatic rings. The second-order valence-electron chi connectivity index (χ2n) is 4.42. The molecule has 1 saturated heterocycles. The maximum Gasteiger partial charge on any atom is 0.328 e. The molecule has 19 heavy (non-hydrogen) atoms. The van der Waals surface area contributed by atoms with Crippen molar-refractivity contribution in [2.45, 2.75) is 18.9 Å². The van der Waals surface area contributed by atoms with E-state index in [9.17, 15) is 14.4 Å². The molecule has 108 valence electrons. The zero-order valence-electron chi connectivity index (χ0n) is 10.8. The smallest absolute Gasteiger partial charge is 0.328 e. The molecule has 2 atom stereocenters. The molecule has 0 aromatic heterocycles. The predicted octanol–water partition coefficient (Wildman–Crippen LogP) is -1.40. The lowest BCUT2D eigenvalue weighted by molar-refractivity contribution is -0.140. The number of aliphatic hydroxyl groups excluding tert-OH is 1. The lowest BCUT2D eigenvalue weighted by atomic mass is 9.97. The summed E-state index contributed by atoms with van der Waals surface area (Å²) in [5.74, 6) is -1.70. The molecule has 1 rings (SSSR count). The molecule has 0 aliphatic carbocycles. The van der Waals surface area contributed by atoms with Crippen LogP contribution in [0.1, 0.15) is 12.8 Å². The van der Waals surface area contributed by atoms with Gasteiger partial charge in [-0.1, -0.05) is 0 Å². The van der Waals surface area contributed by atoms with Crippen LogP contribution in [0.15, 0.2) is 0 Å². The van der Waals surface area contributed by atoms with E-state index in [0.29, 0.717) is 19.4 Å². The summed E-state index contributed by atoms with van der Waals surface area (Å²) in [5, 5.41) is 22.3. The van der Waals surface area contributed by atoms with Crippen LogP contribution in [0.3, 0.4) is 0 Å². The van der Waals surface area contributed by atoms with Gasteiger partial charge in [0.2, 0.25) is 5.91 Å². The number of carboxylic acids is 1. The highest BCUT2D eigenvalue weighted by Gasteiger charge is 2.29. The van der Waals surface area contributed by atoms with Crippen molar-refractivity contribution in [3.05, 3.63) is 0 Å². The summed E-state index contributed by atoms with van der Waals surface area (Å²) in [6.45, 7) is 0.0498. The average molecular weight is 273 g/mol. The largest absolute Gasteiger partial charge is 0.480 e. The normalized spacial score (nSPS) is 20.5. The van der Waals surface area contributed by atoms with Crippen LogP contribution in [0.25, 0.3) is 0 Å². The van der Waals surface area contributed by atoms with Crippen molar-refractivity contribution in [3.63, 3.8) is 0 Å². The van der Waals surface area contributed by atoms with E-state index < -0.39 is 24.6 Å². The number of nitrogens with one attached hydrogen (secondary N) is 2. The van der Waals surface area contributed by atoms with E-state index >= 15 is 0 Å². The Morgan fingerprint density at radius 1 is 1.42 bits per heavy atom. The molecule has 8 nitrogen and oxygen atoms in total. The van der Waals surface area contributed by atoms with Gasteiger partial charge in [-0.2, -0.15) is 0 Å². The van der Waals surface area contributed by atoms with Gasteiger partial charge in [-0.15, -0.1) is 0 Å². The number of amides is 3. The Bertz CT molecular complexity index is 360. The minimum absolute atomic E-state index is 0.130. The van der Waals surface area contributed by atoms with Gasteiger partial charge in [0.15, 0.2) is 6.04 Å². The molecule has 0 spiro atoms. The van der Waals surface area contributed by atoms with Crippen molar-refractivity contribution in [2.24, 2.45) is 5.92 Å². The number of carbonyl (C=O) groups is 3. The van der Waals surface area contributed by atoms with E-state index in [-0.39, 0.29) is 18.4 Å². The molecular weight excluding hydrogens is 254 g/mol. The van der Waals surface area contributed by atoms with E-state index in [1.165, 1.54) is 11.9 Å². The molecule has 0 aromatic carbocycles. The monoisotopic (exact) mass is 273 g/mol. The Morgan fingerprint density at radius 2 is 2.11 bits per heavy atom. The van der Waals surface area contributed by atoms with Crippen molar-refractivity contribution in [3.8, 4) is 0 Å². The molecule has 0 saturated carbocycles. The summed E-state index contributed by atoms with van der Waals surface area (Å²) in [7, 11) is 1.54. The number of urea groups is 1. The highest BCUT2D eigenvalue weighted by Crippen LogP contribution is 2.16. The van der Waals surface area contributed by atoms with Gasteiger partial charge in [0.05, 0.1) is 12.5 Å². The van der Waals surface area contributed by atoms with Crippen molar-refractivity contribution >= 4 is 17.9 Å². The Morgan fingerprint density at radius 3 is 2.63 bits per heavy atom. The molecule has 8 heteroatoms. The standard InChI is InChI=1S/C11H19N3O5/c1-12-9(16)7-3-2-4-14(5-7)11(19)13-8(6-15)10(17)18/h7-8,15H,2-6H2,1H3,(H,12,16)(H,13,19)(H,17,18)/t7?,8-/m0/s1. The summed E-state index contributed by atoms with van der Waals surface area (Å²) in [6.07, 6.45) is 1.38. The lowest BCUT2D eigenvalue weighted by Crippen LogP contribution is -2.53. The number of rotatable bonds is 4. The zero-order valence-corrected chi connectivity index (χ0v) is 10.8. The van der Waals surface area contributed by atoms with Crippen molar-refractivity contribution < 1.29 is 24.6 Å². The zero-order chi connectivity index (χ0) is 14.4. The van der Waals surface area contributed by atoms with Gasteiger partial charge in [-0.3, -0.25) is 4.79 Å². The quantitative estimate of drug-likeness (QED) is 0.502. The maximum atomic E-state index is 11.8. The van der Waals surface area contributed by atoms with Gasteiger partial charge in [-0.25, -0.2) is 9.59 Å². The van der Waals surface area contributed by atoms with Crippen molar-refractivity contribution in [1.82, 2.24) is 15.5 Å². The van der Waals surface area contributed by atoms with Crippen LogP contribution >= 0.6 is 0 Å². The first-order valence-electron chi connectivity index (χ1n) is 6.10. The third-order valence-electron chi connectivity index (χ3n) is 3.10. The molecule has 1 heterocycles. The molecule has 1 aliphatic heterocycles. The summed E-state index contributed by atoms with van der Waals surface area (Å²) in [6, 6.07) is -1.90. The van der Waals surface area contributed by atoms with Gasteiger partial charge in [-0.05, 0) is 12.8 Å². The third-order valence-corrected chi connectivity index (χ3v) is 3.10. The number of carboxylic acid groups (broad SMARTS) is 1. The number of carbonyl (C=O) groups excluding carboxylic acids is 2. The Labute approximate surface area is 110 Å². The minimum Gasteiger partial charge on any atom is -0.480 e. The van der Waals surface area contributed by atoms with Gasteiger partial charge in [0.1, 0.15) is 0 Å². The van der Waals surface area contributed by atoms with Gasteiger partial charge in [0.25, 0.3) is 0 Å². The second kappa shape index (κ2) is 6.93. The van der Waals surface area contributed by atoms with Gasteiger partial charge < -0.3 is 25.7 Å². The van der Waals surface area contributed by atoms with Crippen LogP contribution in [0, 0.1) is 5.92 Å². The van der Waals surface area contributed by atoms with E-state index in [1.54, 1.807) is 0 Å². The number of hydrogen-bond acceptors (Lipinski definition) is 4. The average Bonchev–Trinajstić information content (AvgIpc) is 2.43. The summed E-state index contributed by atoms with van der Waals surface area (Å²) < 4.78 is 0. The first kappa shape index (κ1) is 15.2.